The van der Waals surface area contributed by atoms with Crippen molar-refractivity contribution in [2.75, 3.05) is 31.5 Å². The number of anilines is 2. The van der Waals surface area contributed by atoms with Gasteiger partial charge in [-0.15, -0.1) is 11.3 Å². The lowest BCUT2D eigenvalue weighted by Gasteiger charge is -2.34. The molecule has 3 amide bonds. The van der Waals surface area contributed by atoms with Crippen LogP contribution in [0.1, 0.15) is 47.9 Å². The van der Waals surface area contributed by atoms with E-state index in [2.05, 4.69) is 15.5 Å². The largest absolute Gasteiger partial charge is 0.368 e. The number of benzene rings is 4. The minimum Gasteiger partial charge on any atom is -0.368 e. The molecule has 6 rings (SSSR count). The molecule has 1 saturated heterocycles. The van der Waals surface area contributed by atoms with Gasteiger partial charge >= 0.3 is 0 Å². The maximum absolute atomic E-state index is 13.3. The zero-order valence-electron chi connectivity index (χ0n) is 26.7. The third-order valence-corrected chi connectivity index (χ3v) is 9.17. The maximum Gasteiger partial charge on any atom is 0.253 e. The summed E-state index contributed by atoms with van der Waals surface area (Å²) in [6, 6.07) is 31.1. The van der Waals surface area contributed by atoms with Crippen molar-refractivity contribution in [2.45, 2.75) is 19.0 Å². The molecule has 11 heteroatoms. The second-order valence-corrected chi connectivity index (χ2v) is 12.6. The van der Waals surface area contributed by atoms with Crippen molar-refractivity contribution >= 4 is 45.7 Å². The van der Waals surface area contributed by atoms with Gasteiger partial charge < -0.3 is 21.3 Å². The highest BCUT2D eigenvalue weighted by molar-refractivity contribution is 7.13. The molecule has 0 saturated carbocycles. The van der Waals surface area contributed by atoms with Crippen LogP contribution in [0.2, 0.25) is 0 Å². The number of piperazine rings is 1. The summed E-state index contributed by atoms with van der Waals surface area (Å²) in [6.07, 6.45) is 0.182. The molecule has 4 N–H and O–H groups in total. The summed E-state index contributed by atoms with van der Waals surface area (Å²) >= 11 is 1.51. The van der Waals surface area contributed by atoms with Gasteiger partial charge in [0, 0.05) is 66.9 Å². The van der Waals surface area contributed by atoms with E-state index < -0.39 is 17.9 Å². The van der Waals surface area contributed by atoms with Crippen molar-refractivity contribution in [3.63, 3.8) is 0 Å². The van der Waals surface area contributed by atoms with E-state index in [1.54, 1.807) is 48.5 Å². The summed E-state index contributed by atoms with van der Waals surface area (Å²) in [6.45, 7) is 3.63. The molecule has 0 radical (unpaired) electrons. The Morgan fingerprint density at radius 1 is 0.755 bits per heavy atom. The topological polar surface area (TPSA) is 138 Å². The van der Waals surface area contributed by atoms with Crippen LogP contribution in [0.25, 0.3) is 0 Å². The normalized spacial score (nSPS) is 13.8. The molecule has 0 bridgehead atoms. The summed E-state index contributed by atoms with van der Waals surface area (Å²) in [5, 5.41) is 8.84. The van der Waals surface area contributed by atoms with Gasteiger partial charge in [0.1, 0.15) is 6.04 Å². The van der Waals surface area contributed by atoms with Gasteiger partial charge in [0.15, 0.2) is 10.9 Å². The number of nitrogens with one attached hydrogen (secondary N) is 2. The van der Waals surface area contributed by atoms with Crippen LogP contribution in [0, 0.1) is 0 Å². The third-order valence-electron chi connectivity index (χ3n) is 8.36. The Morgan fingerprint density at radius 2 is 1.37 bits per heavy atom. The van der Waals surface area contributed by atoms with Gasteiger partial charge in [-0.2, -0.15) is 0 Å². The van der Waals surface area contributed by atoms with E-state index in [0.29, 0.717) is 30.8 Å². The molecule has 10 nitrogen and oxygen atoms in total. The van der Waals surface area contributed by atoms with E-state index >= 15 is 0 Å². The Balaban J connectivity index is 1.01. The Kier molecular flexibility index (Phi) is 10.5. The van der Waals surface area contributed by atoms with Crippen LogP contribution in [0.5, 0.6) is 0 Å². The van der Waals surface area contributed by atoms with Gasteiger partial charge in [0.05, 0.1) is 11.3 Å². The van der Waals surface area contributed by atoms with Crippen molar-refractivity contribution in [2.24, 2.45) is 5.73 Å². The lowest BCUT2D eigenvalue weighted by Crippen LogP contribution is -2.48. The zero-order chi connectivity index (χ0) is 34.2. The van der Waals surface area contributed by atoms with Crippen LogP contribution in [0.3, 0.4) is 0 Å². The number of carbonyl (C=O) groups excluding carboxylic acids is 4. The molecule has 1 aliphatic rings. The SMILES string of the molecule is NC(=O)[C@@H](Cc1ccc(Nc2nc(CN3CCN(C(=O)c4ccccc4)CC3)cs2)cc1)NC(=O)c1ccccc1C(=O)c1ccccc1. The number of thiazole rings is 1. The fourth-order valence-electron chi connectivity index (χ4n) is 5.70. The molecule has 1 atom stereocenters. The number of hydrogen-bond donors (Lipinski definition) is 3. The molecule has 49 heavy (non-hydrogen) atoms. The van der Waals surface area contributed by atoms with Gasteiger partial charge in [-0.05, 0) is 35.9 Å². The molecular formula is C38H36N6O4S. The van der Waals surface area contributed by atoms with Gasteiger partial charge in [0.2, 0.25) is 5.91 Å². The van der Waals surface area contributed by atoms with Crippen molar-refractivity contribution in [1.29, 1.82) is 0 Å². The summed E-state index contributed by atoms with van der Waals surface area (Å²) in [4.78, 5) is 60.5. The summed E-state index contributed by atoms with van der Waals surface area (Å²) < 4.78 is 0. The third kappa shape index (κ3) is 8.45. The van der Waals surface area contributed by atoms with Crippen LogP contribution in [0.4, 0.5) is 10.8 Å². The quantitative estimate of drug-likeness (QED) is 0.160. The number of amides is 3. The van der Waals surface area contributed by atoms with Gasteiger partial charge in [-0.25, -0.2) is 4.98 Å². The first-order valence-electron chi connectivity index (χ1n) is 16.0. The number of primary amides is 1. The second-order valence-electron chi connectivity index (χ2n) is 11.8. The minimum atomic E-state index is -0.981. The first kappa shape index (κ1) is 33.3. The number of hydrogen-bond acceptors (Lipinski definition) is 8. The van der Waals surface area contributed by atoms with E-state index in [4.69, 9.17) is 10.7 Å². The van der Waals surface area contributed by atoms with Crippen LogP contribution < -0.4 is 16.4 Å². The van der Waals surface area contributed by atoms with Crippen LogP contribution >= 0.6 is 11.3 Å². The molecule has 1 aromatic heterocycles. The van der Waals surface area contributed by atoms with E-state index in [-0.39, 0.29) is 29.2 Å². The predicted molar refractivity (Wildman–Crippen MR) is 190 cm³/mol. The number of ketones is 1. The highest BCUT2D eigenvalue weighted by Gasteiger charge is 2.24. The summed E-state index contributed by atoms with van der Waals surface area (Å²) in [5.41, 5.74) is 9.86. The van der Waals surface area contributed by atoms with E-state index in [0.717, 1.165) is 35.2 Å². The fourth-order valence-corrected chi connectivity index (χ4v) is 6.43. The number of nitrogens with zero attached hydrogens (tertiary/aromatic N) is 3. The average molecular weight is 673 g/mol. The molecule has 0 unspecified atom stereocenters. The number of aromatic nitrogens is 1. The van der Waals surface area contributed by atoms with Gasteiger partial charge in [-0.3, -0.25) is 24.1 Å². The highest BCUT2D eigenvalue weighted by atomic mass is 32.1. The molecule has 0 aliphatic carbocycles. The first-order valence-corrected chi connectivity index (χ1v) is 16.9. The lowest BCUT2D eigenvalue weighted by atomic mass is 9.97. The Hall–Kier alpha value is -5.65. The van der Waals surface area contributed by atoms with Crippen molar-refractivity contribution in [3.05, 3.63) is 148 Å². The smallest absolute Gasteiger partial charge is 0.253 e. The Morgan fingerprint density at radius 3 is 2.02 bits per heavy atom. The molecule has 1 aliphatic heterocycles. The van der Waals surface area contributed by atoms with Crippen LogP contribution in [0.15, 0.2) is 115 Å². The number of nitrogens with two attached hydrogens (primary N) is 1. The van der Waals surface area contributed by atoms with Crippen LogP contribution in [-0.2, 0) is 17.8 Å². The Labute approximate surface area is 288 Å². The molecule has 0 spiro atoms. The van der Waals surface area contributed by atoms with Gasteiger partial charge in [-0.1, -0.05) is 78.9 Å². The van der Waals surface area contributed by atoms with Crippen molar-refractivity contribution < 1.29 is 19.2 Å². The maximum atomic E-state index is 13.3. The number of rotatable bonds is 12. The molecular weight excluding hydrogens is 637 g/mol. The highest BCUT2D eigenvalue weighted by Crippen LogP contribution is 2.23. The summed E-state index contributed by atoms with van der Waals surface area (Å²) in [5.74, 6) is -1.45. The fraction of sp³-hybridized carbons (Fsp3) is 0.184. The monoisotopic (exact) mass is 672 g/mol. The van der Waals surface area contributed by atoms with E-state index in [9.17, 15) is 19.2 Å². The molecule has 5 aromatic rings. The lowest BCUT2D eigenvalue weighted by molar-refractivity contribution is -0.119. The van der Waals surface area contributed by atoms with Gasteiger partial charge in [0.25, 0.3) is 11.8 Å². The Bertz CT molecular complexity index is 1920. The second kappa shape index (κ2) is 15.5. The number of carbonyl (C=O) groups is 4. The molecule has 4 aromatic carbocycles. The molecule has 1 fully saturated rings. The van der Waals surface area contributed by atoms with E-state index in [1.165, 1.54) is 11.3 Å². The standard InChI is InChI=1S/C38H36N6O4S/c39-35(46)33(42-36(47)32-14-8-7-13-31(32)34(45)27-9-3-1-4-10-27)23-26-15-17-29(18-16-26)40-38-41-30(25-49-38)24-43-19-21-44(22-20-43)37(48)28-11-5-2-6-12-28/h1-18,25,33H,19-24H2,(H2,39,46)(H,40,41)(H,42,47)/t33-/m1/s1. The van der Waals surface area contributed by atoms with Crippen LogP contribution in [-0.4, -0.2) is 70.5 Å². The minimum absolute atomic E-state index is 0.0688. The van der Waals surface area contributed by atoms with E-state index in [1.807, 2.05) is 70.9 Å². The molecule has 2 heterocycles. The first-order chi connectivity index (χ1) is 23.8. The molecule has 248 valence electrons. The van der Waals surface area contributed by atoms with Crippen molar-refractivity contribution in [3.8, 4) is 0 Å². The zero-order valence-corrected chi connectivity index (χ0v) is 27.6. The average Bonchev–Trinajstić information content (AvgIpc) is 3.58. The summed E-state index contributed by atoms with van der Waals surface area (Å²) in [7, 11) is 0. The van der Waals surface area contributed by atoms with Crippen molar-refractivity contribution in [1.82, 2.24) is 20.1 Å². The predicted octanol–water partition coefficient (Wildman–Crippen LogP) is 4.90.